The van der Waals surface area contributed by atoms with Gasteiger partial charge in [-0.3, -0.25) is 9.78 Å². The van der Waals surface area contributed by atoms with Crippen molar-refractivity contribution in [1.29, 1.82) is 0 Å². The number of allylic oxidation sites excluding steroid dienone is 1. The highest BCUT2D eigenvalue weighted by Crippen LogP contribution is 2.38. The van der Waals surface area contributed by atoms with Crippen LogP contribution in [0.5, 0.6) is 0 Å². The van der Waals surface area contributed by atoms with Gasteiger partial charge >= 0.3 is 5.69 Å². The second-order valence-corrected chi connectivity index (χ2v) is 11.0. The molecule has 1 aliphatic rings. The van der Waals surface area contributed by atoms with Crippen molar-refractivity contribution >= 4 is 39.9 Å². The van der Waals surface area contributed by atoms with Gasteiger partial charge in [-0.25, -0.2) is 18.7 Å². The lowest BCUT2D eigenvalue weighted by atomic mass is 9.98. The molecule has 1 amide bonds. The lowest BCUT2D eigenvalue weighted by Gasteiger charge is -2.40. The molecule has 3 aromatic heterocycles. The summed E-state index contributed by atoms with van der Waals surface area (Å²) in [6.45, 7) is 2.82. The van der Waals surface area contributed by atoms with Gasteiger partial charge in [0.15, 0.2) is 5.65 Å². The van der Waals surface area contributed by atoms with Crippen LogP contribution < -0.4 is 10.6 Å². The Labute approximate surface area is 266 Å². The van der Waals surface area contributed by atoms with Crippen molar-refractivity contribution in [2.24, 2.45) is 0 Å². The predicted octanol–water partition coefficient (Wildman–Crippen LogP) is 6.32. The van der Waals surface area contributed by atoms with Gasteiger partial charge in [-0.1, -0.05) is 56.3 Å². The Balaban J connectivity index is 1.94. The molecule has 4 heterocycles. The molecule has 222 valence electrons. The van der Waals surface area contributed by atoms with Crippen LogP contribution >= 0.6 is 11.6 Å². The summed E-state index contributed by atoms with van der Waals surface area (Å²) in [6, 6.07) is 5.75. The molecule has 1 aliphatic heterocycles. The van der Waals surface area contributed by atoms with Gasteiger partial charge in [-0.05, 0) is 61.9 Å². The highest BCUT2D eigenvalue weighted by atomic mass is 35.5. The first-order valence-corrected chi connectivity index (χ1v) is 13.9. The van der Waals surface area contributed by atoms with Crippen molar-refractivity contribution in [2.45, 2.75) is 46.4 Å². The van der Waals surface area contributed by atoms with Gasteiger partial charge in [0.2, 0.25) is 5.91 Å². The minimum absolute atomic E-state index is 0.104. The molecule has 10 heteroatoms. The first-order chi connectivity index (χ1) is 23.8. The maximum atomic E-state index is 15.9. The number of rotatable bonds is 6. The highest BCUT2D eigenvalue weighted by Gasteiger charge is 2.31. The number of amides is 1. The summed E-state index contributed by atoms with van der Waals surface area (Å²) in [5, 5.41) is -0.0252. The van der Waals surface area contributed by atoms with E-state index in [-0.39, 0.29) is 81.7 Å². The summed E-state index contributed by atoms with van der Waals surface area (Å²) >= 11 is 6.86. The largest absolute Gasteiger partial charge is 0.355 e. The first kappa shape index (κ1) is 21.3. The van der Waals surface area contributed by atoms with Crippen LogP contribution in [-0.2, 0) is 4.79 Å². The zero-order chi connectivity index (χ0) is 37.7. The topological polar surface area (TPSA) is 84.2 Å². The number of benzene rings is 1. The molecule has 1 aromatic carbocycles. The van der Waals surface area contributed by atoms with Gasteiger partial charge in [0.1, 0.15) is 11.6 Å². The zero-order valence-corrected chi connectivity index (χ0v) is 24.5. The van der Waals surface area contributed by atoms with Crippen molar-refractivity contribution < 1.29 is 20.2 Å². The van der Waals surface area contributed by atoms with Gasteiger partial charge in [0.25, 0.3) is 0 Å². The van der Waals surface area contributed by atoms with E-state index in [1.54, 1.807) is 23.6 Å². The molecule has 8 nitrogen and oxygen atoms in total. The van der Waals surface area contributed by atoms with E-state index in [1.807, 2.05) is 6.92 Å². The minimum Gasteiger partial charge on any atom is -0.350 e. The van der Waals surface area contributed by atoms with Crippen LogP contribution in [0.25, 0.3) is 33.6 Å². The van der Waals surface area contributed by atoms with E-state index in [2.05, 4.69) is 16.5 Å². The van der Waals surface area contributed by atoms with Crippen molar-refractivity contribution in [3.8, 4) is 16.9 Å². The molecule has 1 saturated heterocycles. The Morgan fingerprint density at radius 1 is 1.28 bits per heavy atom. The maximum Gasteiger partial charge on any atom is 0.355 e. The first-order valence-electron chi connectivity index (χ1n) is 17.6. The zero-order valence-electron chi connectivity index (χ0n) is 31.8. The van der Waals surface area contributed by atoms with Crippen LogP contribution in [0.2, 0.25) is 5.02 Å². The fraction of sp³-hybridized carbons (Fsp3) is 0.303. The summed E-state index contributed by atoms with van der Waals surface area (Å²) in [7, 11) is 0. The van der Waals surface area contributed by atoms with Crippen molar-refractivity contribution in [3.63, 3.8) is 0 Å². The fourth-order valence-electron chi connectivity index (χ4n) is 5.40. The lowest BCUT2D eigenvalue weighted by Crippen LogP contribution is -2.54. The van der Waals surface area contributed by atoms with Crippen LogP contribution in [-0.4, -0.2) is 56.0 Å². The standard InChI is InChI=1S/C33H34ClFN6O2/c1-8-26(42)39-14-15-40(21(7)17-39)31-23-16-24(34)29(27-22(18(2)3)10-9-11-25(27)35)37-32(23)41(33(43)38-31)30-20(6)12-13-36-28(30)19(4)5/h8-13,16,19,21H,1-2,14-15,17H2,3-7H3/t21-/m0/s1/i2D2,3D3,6D3. The number of aromatic nitrogens is 4. The predicted molar refractivity (Wildman–Crippen MR) is 170 cm³/mol. The molecule has 0 unspecified atom stereocenters. The van der Waals surface area contributed by atoms with Crippen LogP contribution in [0.3, 0.4) is 0 Å². The number of fused-ring (bicyclic) bond motifs is 1. The van der Waals surface area contributed by atoms with Crippen molar-refractivity contribution in [2.75, 3.05) is 24.5 Å². The van der Waals surface area contributed by atoms with Crippen LogP contribution in [0.15, 0.2) is 60.5 Å². The van der Waals surface area contributed by atoms with Gasteiger partial charge < -0.3 is 9.80 Å². The molecule has 43 heavy (non-hydrogen) atoms. The SMILES string of the molecule is [2H]C([2H])=C(c1cccc(F)c1-c1nc2c(cc1Cl)c(N1CCN(C(=O)C=C)C[C@@H]1C)nc(=O)n2-c1c(C([2H])([2H])[2H])ccnc1C(C)C)C([2H])([2H])[2H]. The van der Waals surface area contributed by atoms with Gasteiger partial charge in [0.05, 0.1) is 30.2 Å². The monoisotopic (exact) mass is 608 g/mol. The molecule has 0 radical (unpaired) electrons. The number of hydrogen-bond donors (Lipinski definition) is 0. The van der Waals surface area contributed by atoms with E-state index in [0.29, 0.717) is 0 Å². The fourth-order valence-corrected chi connectivity index (χ4v) is 5.65. The molecule has 0 aliphatic carbocycles. The molecule has 1 fully saturated rings. The number of aryl methyl sites for hydroxylation is 1. The Bertz CT molecular complexity index is 2150. The number of piperazine rings is 1. The Morgan fingerprint density at radius 3 is 2.77 bits per heavy atom. The summed E-state index contributed by atoms with van der Waals surface area (Å²) in [6.07, 6.45) is 2.53. The maximum absolute atomic E-state index is 15.9. The van der Waals surface area contributed by atoms with Crippen molar-refractivity contribution in [3.05, 3.63) is 93.9 Å². The number of carbonyl (C=O) groups excluding carboxylic acids is 1. The third-order valence-electron chi connectivity index (χ3n) is 7.43. The van der Waals surface area contributed by atoms with Gasteiger partial charge in [-0.2, -0.15) is 4.98 Å². The molecular formula is C33H34ClFN6O2. The average molecular weight is 609 g/mol. The smallest absolute Gasteiger partial charge is 0.350 e. The van der Waals surface area contributed by atoms with E-state index in [1.165, 1.54) is 36.5 Å². The Hall–Kier alpha value is -4.37. The van der Waals surface area contributed by atoms with E-state index < -0.39 is 48.8 Å². The van der Waals surface area contributed by atoms with Crippen LogP contribution in [0.4, 0.5) is 10.2 Å². The lowest BCUT2D eigenvalue weighted by molar-refractivity contribution is -0.126. The van der Waals surface area contributed by atoms with E-state index >= 15 is 4.39 Å². The second kappa shape index (κ2) is 11.7. The summed E-state index contributed by atoms with van der Waals surface area (Å²) in [5.74, 6) is -1.53. The molecule has 0 saturated carbocycles. The number of hydrogen-bond acceptors (Lipinski definition) is 6. The summed E-state index contributed by atoms with van der Waals surface area (Å²) in [4.78, 5) is 43.6. The molecule has 1 atom stereocenters. The molecular weight excluding hydrogens is 567 g/mol. The van der Waals surface area contributed by atoms with E-state index in [4.69, 9.17) is 27.6 Å². The van der Waals surface area contributed by atoms with Crippen molar-refractivity contribution in [1.82, 2.24) is 24.4 Å². The van der Waals surface area contributed by atoms with Gasteiger partial charge in [-0.15, -0.1) is 0 Å². The van der Waals surface area contributed by atoms with E-state index in [0.717, 1.165) is 10.6 Å². The van der Waals surface area contributed by atoms with Crippen LogP contribution in [0, 0.1) is 12.7 Å². The number of pyridine rings is 2. The summed E-state index contributed by atoms with van der Waals surface area (Å²) < 4.78 is 81.8. The number of carbonyl (C=O) groups is 1. The number of anilines is 1. The molecule has 0 bridgehead atoms. The van der Waals surface area contributed by atoms with E-state index in [9.17, 15) is 9.59 Å². The Kier molecular flexibility index (Phi) is 5.82. The average Bonchev–Trinajstić information content (AvgIpc) is 3.03. The number of nitrogens with zero attached hydrogens (tertiary/aromatic N) is 6. The van der Waals surface area contributed by atoms with Crippen LogP contribution in [0.1, 0.15) is 61.3 Å². The third kappa shape index (κ3) is 5.33. The molecule has 5 rings (SSSR count). The molecule has 4 aromatic rings. The third-order valence-corrected chi connectivity index (χ3v) is 7.72. The summed E-state index contributed by atoms with van der Waals surface area (Å²) in [5.41, 5.74) is -3.09. The molecule has 0 N–H and O–H groups in total. The quantitative estimate of drug-likeness (QED) is 0.238. The second-order valence-electron chi connectivity index (χ2n) is 10.6. The molecule has 0 spiro atoms. The Morgan fingerprint density at radius 2 is 2.09 bits per heavy atom. The minimum atomic E-state index is -3.01. The number of halogens is 2. The highest BCUT2D eigenvalue weighted by molar-refractivity contribution is 6.34. The van der Waals surface area contributed by atoms with Gasteiger partial charge in [0, 0.05) is 45.7 Å². The normalized spacial score (nSPS) is 18.5.